The molecule has 1 heterocycles. The van der Waals surface area contributed by atoms with Crippen LogP contribution in [0, 0.1) is 5.82 Å². The topological polar surface area (TPSA) is 44.5 Å². The molecule has 1 aromatic carbocycles. The summed E-state index contributed by atoms with van der Waals surface area (Å²) in [7, 11) is 0. The summed E-state index contributed by atoms with van der Waals surface area (Å²) in [5, 5.41) is 0. The smallest absolute Gasteiger partial charge is 0.189 e. The molecule has 1 aliphatic rings. The first kappa shape index (κ1) is 11.4. The van der Waals surface area contributed by atoms with E-state index in [-0.39, 0.29) is 18.5 Å². The van der Waals surface area contributed by atoms with Gasteiger partial charge in [0.1, 0.15) is 11.6 Å². The zero-order valence-electron chi connectivity index (χ0n) is 9.33. The van der Waals surface area contributed by atoms with Gasteiger partial charge in [-0.1, -0.05) is 6.92 Å². The van der Waals surface area contributed by atoms with E-state index >= 15 is 0 Å². The second kappa shape index (κ2) is 4.80. The molecule has 0 radical (unpaired) electrons. The highest BCUT2D eigenvalue weighted by molar-refractivity contribution is 5.40. The Morgan fingerprint density at radius 1 is 1.50 bits per heavy atom. The number of rotatable bonds is 3. The van der Waals surface area contributed by atoms with Gasteiger partial charge in [-0.2, -0.15) is 0 Å². The Hall–Kier alpha value is -1.13. The number of hydrogen-bond donors (Lipinski definition) is 1. The summed E-state index contributed by atoms with van der Waals surface area (Å²) in [5.41, 5.74) is 6.92. The first-order valence-corrected chi connectivity index (χ1v) is 5.45. The van der Waals surface area contributed by atoms with Gasteiger partial charge in [0.2, 0.25) is 0 Å². The Labute approximate surface area is 94.3 Å². The molecule has 0 amide bonds. The molecule has 3 nitrogen and oxygen atoms in total. The van der Waals surface area contributed by atoms with Crippen molar-refractivity contribution in [2.24, 2.45) is 5.73 Å². The molecule has 0 saturated heterocycles. The van der Waals surface area contributed by atoms with Crippen LogP contribution >= 0.6 is 0 Å². The first-order chi connectivity index (χ1) is 7.72. The Morgan fingerprint density at radius 3 is 3.06 bits per heavy atom. The second-order valence-corrected chi connectivity index (χ2v) is 4.07. The first-order valence-electron chi connectivity index (χ1n) is 5.45. The average molecular weight is 225 g/mol. The lowest BCUT2D eigenvalue weighted by Crippen LogP contribution is -2.13. The van der Waals surface area contributed by atoms with Gasteiger partial charge in [-0.05, 0) is 36.6 Å². The van der Waals surface area contributed by atoms with Crippen LogP contribution in [0.15, 0.2) is 12.1 Å². The van der Waals surface area contributed by atoms with Crippen LogP contribution in [0.1, 0.15) is 30.4 Å². The van der Waals surface area contributed by atoms with Crippen molar-refractivity contribution < 1.29 is 13.9 Å². The summed E-state index contributed by atoms with van der Waals surface area (Å²) >= 11 is 0. The maximum atomic E-state index is 13.8. The van der Waals surface area contributed by atoms with Gasteiger partial charge in [0, 0.05) is 5.56 Å². The van der Waals surface area contributed by atoms with E-state index in [0.717, 1.165) is 17.7 Å². The van der Waals surface area contributed by atoms with Gasteiger partial charge in [0.25, 0.3) is 0 Å². The Kier molecular flexibility index (Phi) is 3.41. The molecular weight excluding hydrogens is 209 g/mol. The molecule has 1 unspecified atom stereocenters. The fourth-order valence-corrected chi connectivity index (χ4v) is 1.90. The molecule has 1 atom stereocenters. The molecule has 0 saturated carbocycles. The van der Waals surface area contributed by atoms with Crippen molar-refractivity contribution in [3.63, 3.8) is 0 Å². The summed E-state index contributed by atoms with van der Waals surface area (Å²) in [6.07, 6.45) is 0.770. The monoisotopic (exact) mass is 225 g/mol. The maximum Gasteiger partial charge on any atom is 0.189 e. The Bertz CT molecular complexity index is 382. The van der Waals surface area contributed by atoms with Gasteiger partial charge in [0.15, 0.2) is 6.79 Å². The fourth-order valence-electron chi connectivity index (χ4n) is 1.90. The normalized spacial score (nSPS) is 16.4. The SMILES string of the molecule is CC(CCN)c1cc2c(cc1F)COCO2. The molecule has 0 fully saturated rings. The highest BCUT2D eigenvalue weighted by atomic mass is 19.1. The number of hydrogen-bond acceptors (Lipinski definition) is 3. The average Bonchev–Trinajstić information content (AvgIpc) is 2.28. The van der Waals surface area contributed by atoms with E-state index in [2.05, 4.69) is 0 Å². The third kappa shape index (κ3) is 2.18. The maximum absolute atomic E-state index is 13.8. The fraction of sp³-hybridized carbons (Fsp3) is 0.500. The van der Waals surface area contributed by atoms with Gasteiger partial charge in [-0.25, -0.2) is 4.39 Å². The van der Waals surface area contributed by atoms with E-state index in [4.69, 9.17) is 15.2 Å². The zero-order chi connectivity index (χ0) is 11.5. The van der Waals surface area contributed by atoms with Crippen LogP contribution < -0.4 is 10.5 Å². The van der Waals surface area contributed by atoms with E-state index in [1.54, 1.807) is 6.07 Å². The molecule has 1 aliphatic heterocycles. The molecule has 0 spiro atoms. The van der Waals surface area contributed by atoms with Crippen molar-refractivity contribution >= 4 is 0 Å². The molecule has 1 aromatic rings. The standard InChI is InChI=1S/C12H16FNO2/c1-8(2-3-14)10-5-12-9(4-11(10)13)6-15-7-16-12/h4-5,8H,2-3,6-7,14H2,1H3. The number of ether oxygens (including phenoxy) is 2. The summed E-state index contributed by atoms with van der Waals surface area (Å²) in [6.45, 7) is 3.18. The van der Waals surface area contributed by atoms with Crippen molar-refractivity contribution in [3.05, 3.63) is 29.1 Å². The molecule has 88 valence electrons. The van der Waals surface area contributed by atoms with Crippen LogP contribution in [0.5, 0.6) is 5.75 Å². The summed E-state index contributed by atoms with van der Waals surface area (Å²) in [4.78, 5) is 0. The van der Waals surface area contributed by atoms with Crippen molar-refractivity contribution in [2.75, 3.05) is 13.3 Å². The lowest BCUT2D eigenvalue weighted by Gasteiger charge is -2.20. The minimum atomic E-state index is -0.200. The van der Waals surface area contributed by atoms with Crippen LogP contribution in [-0.2, 0) is 11.3 Å². The third-order valence-corrected chi connectivity index (χ3v) is 2.87. The third-order valence-electron chi connectivity index (χ3n) is 2.87. The predicted molar refractivity (Wildman–Crippen MR) is 58.8 cm³/mol. The van der Waals surface area contributed by atoms with Crippen molar-refractivity contribution in [3.8, 4) is 5.75 Å². The van der Waals surface area contributed by atoms with Gasteiger partial charge >= 0.3 is 0 Å². The number of fused-ring (bicyclic) bond motifs is 1. The summed E-state index contributed by atoms with van der Waals surface area (Å²) < 4.78 is 24.2. The van der Waals surface area contributed by atoms with Gasteiger partial charge in [-0.15, -0.1) is 0 Å². The van der Waals surface area contributed by atoms with E-state index in [9.17, 15) is 4.39 Å². The van der Waals surface area contributed by atoms with E-state index in [0.29, 0.717) is 18.7 Å². The summed E-state index contributed by atoms with van der Waals surface area (Å²) in [6, 6.07) is 3.27. The number of halogens is 1. The van der Waals surface area contributed by atoms with Crippen LogP contribution in [0.3, 0.4) is 0 Å². The largest absolute Gasteiger partial charge is 0.467 e. The van der Waals surface area contributed by atoms with Crippen LogP contribution in [0.4, 0.5) is 4.39 Å². The highest BCUT2D eigenvalue weighted by Crippen LogP contribution is 2.31. The zero-order valence-corrected chi connectivity index (χ0v) is 9.33. The molecule has 0 aromatic heterocycles. The molecular formula is C12H16FNO2. The lowest BCUT2D eigenvalue weighted by atomic mass is 9.95. The Morgan fingerprint density at radius 2 is 2.31 bits per heavy atom. The van der Waals surface area contributed by atoms with Gasteiger partial charge < -0.3 is 15.2 Å². The van der Waals surface area contributed by atoms with E-state index in [1.807, 2.05) is 6.92 Å². The van der Waals surface area contributed by atoms with Crippen LogP contribution in [-0.4, -0.2) is 13.3 Å². The van der Waals surface area contributed by atoms with Crippen LogP contribution in [0.25, 0.3) is 0 Å². The number of benzene rings is 1. The quantitative estimate of drug-likeness (QED) is 0.857. The van der Waals surface area contributed by atoms with Crippen molar-refractivity contribution in [1.82, 2.24) is 0 Å². The van der Waals surface area contributed by atoms with Gasteiger partial charge in [-0.3, -0.25) is 0 Å². The van der Waals surface area contributed by atoms with Crippen molar-refractivity contribution in [1.29, 1.82) is 0 Å². The summed E-state index contributed by atoms with van der Waals surface area (Å²) in [5.74, 6) is 0.641. The molecule has 2 rings (SSSR count). The molecule has 2 N–H and O–H groups in total. The molecule has 4 heteroatoms. The molecule has 0 bridgehead atoms. The van der Waals surface area contributed by atoms with Gasteiger partial charge in [0.05, 0.1) is 6.61 Å². The Balaban J connectivity index is 2.31. The van der Waals surface area contributed by atoms with Crippen molar-refractivity contribution in [2.45, 2.75) is 25.9 Å². The molecule has 0 aliphatic carbocycles. The minimum Gasteiger partial charge on any atom is -0.467 e. The predicted octanol–water partition coefficient (Wildman–Crippen LogP) is 2.14. The number of nitrogens with two attached hydrogens (primary N) is 1. The minimum absolute atomic E-state index is 0.113. The lowest BCUT2D eigenvalue weighted by molar-refractivity contribution is -0.0166. The van der Waals surface area contributed by atoms with Crippen LogP contribution in [0.2, 0.25) is 0 Å². The second-order valence-electron chi connectivity index (χ2n) is 4.07. The highest BCUT2D eigenvalue weighted by Gasteiger charge is 2.17. The molecule has 16 heavy (non-hydrogen) atoms. The van der Waals surface area contributed by atoms with E-state index in [1.165, 1.54) is 6.07 Å². The van der Waals surface area contributed by atoms with E-state index < -0.39 is 0 Å².